The lowest BCUT2D eigenvalue weighted by Crippen LogP contribution is -1.90. The first-order valence-electron chi connectivity index (χ1n) is 3.82. The van der Waals surface area contributed by atoms with Crippen molar-refractivity contribution in [2.24, 2.45) is 0 Å². The first kappa shape index (κ1) is 7.81. The molecule has 2 heterocycles. The average molecular weight is 174 g/mol. The predicted molar refractivity (Wildman–Crippen MR) is 47.8 cm³/mol. The molecule has 0 atom stereocenters. The maximum Gasteiger partial charge on any atom is 0.144 e. The highest BCUT2D eigenvalue weighted by Gasteiger charge is 2.03. The topological polar surface area (TPSA) is 17.3 Å². The van der Waals surface area contributed by atoms with Crippen molar-refractivity contribution >= 4 is 5.65 Å². The van der Waals surface area contributed by atoms with Gasteiger partial charge < -0.3 is 4.40 Å². The number of aryl methyl sites for hydroxylation is 1. The number of rotatable bonds is 0. The molecule has 0 saturated heterocycles. The Bertz CT molecular complexity index is 505. The monoisotopic (exact) mass is 174 g/mol. The fraction of sp³-hybridized carbons (Fsp3) is 0.100. The van der Waals surface area contributed by atoms with Crippen LogP contribution in [0.2, 0.25) is 0 Å². The summed E-state index contributed by atoms with van der Waals surface area (Å²) >= 11 is 0. The van der Waals surface area contributed by atoms with Gasteiger partial charge in [-0.25, -0.2) is 9.37 Å². The van der Waals surface area contributed by atoms with Gasteiger partial charge in [-0.2, -0.15) is 0 Å². The molecule has 3 heteroatoms. The summed E-state index contributed by atoms with van der Waals surface area (Å²) in [5, 5.41) is 0. The standard InChI is InChI=1S/C10H7FN2/c1-3-8-6-13-5-7(2)12-10(13)4-9(8)11/h1,4-6H,2H3. The molecule has 0 saturated carbocycles. The van der Waals surface area contributed by atoms with Crippen LogP contribution in [0.3, 0.4) is 0 Å². The van der Waals surface area contributed by atoms with Crippen LogP contribution < -0.4 is 0 Å². The van der Waals surface area contributed by atoms with E-state index in [4.69, 9.17) is 6.42 Å². The molecule has 0 aromatic carbocycles. The Balaban J connectivity index is 2.82. The van der Waals surface area contributed by atoms with Gasteiger partial charge in [-0.1, -0.05) is 5.92 Å². The normalized spacial score (nSPS) is 10.2. The van der Waals surface area contributed by atoms with E-state index in [0.29, 0.717) is 5.65 Å². The van der Waals surface area contributed by atoms with E-state index in [1.54, 1.807) is 16.8 Å². The van der Waals surface area contributed by atoms with Gasteiger partial charge in [-0.3, -0.25) is 0 Å². The van der Waals surface area contributed by atoms with Gasteiger partial charge in [-0.15, -0.1) is 6.42 Å². The maximum absolute atomic E-state index is 13.1. The van der Waals surface area contributed by atoms with Crippen molar-refractivity contribution in [3.8, 4) is 12.3 Å². The predicted octanol–water partition coefficient (Wildman–Crippen LogP) is 1.76. The Morgan fingerprint density at radius 1 is 1.54 bits per heavy atom. The van der Waals surface area contributed by atoms with E-state index >= 15 is 0 Å². The van der Waals surface area contributed by atoms with E-state index < -0.39 is 5.82 Å². The second-order valence-electron chi connectivity index (χ2n) is 2.83. The smallest absolute Gasteiger partial charge is 0.144 e. The summed E-state index contributed by atoms with van der Waals surface area (Å²) in [5.41, 5.74) is 1.67. The fourth-order valence-corrected chi connectivity index (χ4v) is 1.24. The number of halogens is 1. The van der Waals surface area contributed by atoms with Crippen molar-refractivity contribution in [2.45, 2.75) is 6.92 Å². The first-order chi connectivity index (χ1) is 6.20. The van der Waals surface area contributed by atoms with Crippen LogP contribution in [0.5, 0.6) is 0 Å². The van der Waals surface area contributed by atoms with Crippen molar-refractivity contribution in [3.05, 3.63) is 35.5 Å². The van der Waals surface area contributed by atoms with Crippen LogP contribution in [-0.4, -0.2) is 9.38 Å². The summed E-state index contributed by atoms with van der Waals surface area (Å²) in [4.78, 5) is 4.10. The van der Waals surface area contributed by atoms with Crippen molar-refractivity contribution < 1.29 is 4.39 Å². The maximum atomic E-state index is 13.1. The number of fused-ring (bicyclic) bond motifs is 1. The average Bonchev–Trinajstić information content (AvgIpc) is 2.42. The van der Waals surface area contributed by atoms with Crippen LogP contribution in [0.15, 0.2) is 18.5 Å². The zero-order chi connectivity index (χ0) is 9.42. The van der Waals surface area contributed by atoms with Crippen molar-refractivity contribution in [1.29, 1.82) is 0 Å². The molecule has 13 heavy (non-hydrogen) atoms. The molecule has 0 bridgehead atoms. The van der Waals surface area contributed by atoms with Gasteiger partial charge in [0.2, 0.25) is 0 Å². The molecule has 64 valence electrons. The van der Waals surface area contributed by atoms with Crippen LogP contribution in [0.1, 0.15) is 11.3 Å². The third kappa shape index (κ3) is 1.17. The molecule has 0 aliphatic heterocycles. The summed E-state index contributed by atoms with van der Waals surface area (Å²) in [7, 11) is 0. The number of hydrogen-bond acceptors (Lipinski definition) is 1. The van der Waals surface area contributed by atoms with Gasteiger partial charge in [0.25, 0.3) is 0 Å². The molecule has 0 radical (unpaired) electrons. The van der Waals surface area contributed by atoms with E-state index in [2.05, 4.69) is 10.9 Å². The molecular weight excluding hydrogens is 167 g/mol. The third-order valence-corrected chi connectivity index (χ3v) is 1.82. The zero-order valence-electron chi connectivity index (χ0n) is 7.08. The quantitative estimate of drug-likeness (QED) is 0.556. The largest absolute Gasteiger partial charge is 0.305 e. The molecule has 2 nitrogen and oxygen atoms in total. The highest BCUT2D eigenvalue weighted by molar-refractivity contribution is 5.45. The fourth-order valence-electron chi connectivity index (χ4n) is 1.24. The van der Waals surface area contributed by atoms with Gasteiger partial charge in [0.15, 0.2) is 0 Å². The Labute approximate surface area is 75.0 Å². The van der Waals surface area contributed by atoms with Crippen molar-refractivity contribution in [3.63, 3.8) is 0 Å². The minimum Gasteiger partial charge on any atom is -0.305 e. The van der Waals surface area contributed by atoms with Crippen LogP contribution in [0, 0.1) is 25.1 Å². The molecule has 0 aliphatic rings. The van der Waals surface area contributed by atoms with E-state index in [1.165, 1.54) is 6.07 Å². The van der Waals surface area contributed by atoms with Crippen LogP contribution >= 0.6 is 0 Å². The van der Waals surface area contributed by atoms with Crippen molar-refractivity contribution in [1.82, 2.24) is 9.38 Å². The minimum atomic E-state index is -0.402. The zero-order valence-corrected chi connectivity index (χ0v) is 7.08. The molecule has 0 aliphatic carbocycles. The highest BCUT2D eigenvalue weighted by Crippen LogP contribution is 2.10. The van der Waals surface area contributed by atoms with Gasteiger partial charge in [0.05, 0.1) is 11.3 Å². The number of aromatic nitrogens is 2. The Morgan fingerprint density at radius 3 is 3.00 bits per heavy atom. The molecule has 0 unspecified atom stereocenters. The van der Waals surface area contributed by atoms with Crippen molar-refractivity contribution in [2.75, 3.05) is 0 Å². The number of imidazole rings is 1. The van der Waals surface area contributed by atoms with Crippen LogP contribution in [0.4, 0.5) is 4.39 Å². The van der Waals surface area contributed by atoms with Gasteiger partial charge in [-0.05, 0) is 6.92 Å². The Morgan fingerprint density at radius 2 is 2.31 bits per heavy atom. The molecule has 0 fully saturated rings. The second-order valence-corrected chi connectivity index (χ2v) is 2.83. The van der Waals surface area contributed by atoms with Gasteiger partial charge in [0.1, 0.15) is 11.5 Å². The molecule has 2 rings (SSSR count). The Hall–Kier alpha value is -1.82. The second kappa shape index (κ2) is 2.60. The SMILES string of the molecule is C#Cc1cn2cc(C)nc2cc1F. The third-order valence-electron chi connectivity index (χ3n) is 1.82. The molecule has 0 spiro atoms. The lowest BCUT2D eigenvalue weighted by atomic mass is 10.3. The van der Waals surface area contributed by atoms with Gasteiger partial charge >= 0.3 is 0 Å². The molecule has 2 aromatic rings. The summed E-state index contributed by atoms with van der Waals surface area (Å²) in [6.45, 7) is 1.85. The summed E-state index contributed by atoms with van der Waals surface area (Å²) in [5.74, 6) is 1.87. The molecular formula is C10H7FN2. The van der Waals surface area contributed by atoms with E-state index in [9.17, 15) is 4.39 Å². The first-order valence-corrected chi connectivity index (χ1v) is 3.82. The molecule has 0 amide bonds. The summed E-state index contributed by atoms with van der Waals surface area (Å²) in [6.07, 6.45) is 8.49. The minimum absolute atomic E-state index is 0.255. The summed E-state index contributed by atoms with van der Waals surface area (Å²) < 4.78 is 14.8. The van der Waals surface area contributed by atoms with E-state index in [0.717, 1.165) is 5.69 Å². The van der Waals surface area contributed by atoms with E-state index in [1.807, 2.05) is 6.92 Å². The lowest BCUT2D eigenvalue weighted by molar-refractivity contribution is 0.623. The highest BCUT2D eigenvalue weighted by atomic mass is 19.1. The Kier molecular flexibility index (Phi) is 1.56. The van der Waals surface area contributed by atoms with Gasteiger partial charge in [0, 0.05) is 18.5 Å². The number of hydrogen-bond donors (Lipinski definition) is 0. The lowest BCUT2D eigenvalue weighted by Gasteiger charge is -1.96. The number of pyridine rings is 1. The van der Waals surface area contributed by atoms with E-state index in [-0.39, 0.29) is 5.56 Å². The molecule has 2 aromatic heterocycles. The summed E-state index contributed by atoms with van der Waals surface area (Å²) in [6, 6.07) is 1.34. The van der Waals surface area contributed by atoms with Crippen LogP contribution in [0.25, 0.3) is 5.65 Å². The van der Waals surface area contributed by atoms with Crippen LogP contribution in [-0.2, 0) is 0 Å². The number of terminal acetylenes is 1. The molecule has 0 N–H and O–H groups in total. The number of nitrogens with zero attached hydrogens (tertiary/aromatic N) is 2.